The molecule has 2 aliphatic rings. The second-order valence-corrected chi connectivity index (χ2v) is 5.57. The Labute approximate surface area is 117 Å². The molecule has 0 aromatic rings. The van der Waals surface area contributed by atoms with Crippen LogP contribution in [0.4, 0.5) is 4.79 Å². The molecule has 2 aliphatic heterocycles. The van der Waals surface area contributed by atoms with E-state index in [0.29, 0.717) is 19.3 Å². The Morgan fingerprint density at radius 1 is 1.30 bits per heavy atom. The summed E-state index contributed by atoms with van der Waals surface area (Å²) in [5.74, 6) is -0.891. The van der Waals surface area contributed by atoms with Gasteiger partial charge in [0.05, 0.1) is 0 Å². The number of unbranched alkanes of at least 4 members (excludes halogenated alkanes) is 1. The molecule has 0 atom stereocenters. The minimum atomic E-state index is -0.759. The van der Waals surface area contributed by atoms with Crippen LogP contribution < -0.4 is 5.32 Å². The first-order chi connectivity index (χ1) is 9.44. The topological polar surface area (TPSA) is 90.0 Å². The first-order valence-corrected chi connectivity index (χ1v) is 6.99. The van der Waals surface area contributed by atoms with Crippen molar-refractivity contribution in [2.75, 3.05) is 26.7 Å². The maximum absolute atomic E-state index is 12.1. The summed E-state index contributed by atoms with van der Waals surface area (Å²) in [4.78, 5) is 37.4. The lowest BCUT2D eigenvalue weighted by Gasteiger charge is -2.37. The van der Waals surface area contributed by atoms with Crippen LogP contribution in [0.1, 0.15) is 32.1 Å². The molecule has 0 aliphatic carbocycles. The predicted molar refractivity (Wildman–Crippen MR) is 71.2 cm³/mol. The van der Waals surface area contributed by atoms with Crippen molar-refractivity contribution in [3.05, 3.63) is 0 Å². The zero-order valence-corrected chi connectivity index (χ0v) is 11.7. The number of rotatable bonds is 5. The van der Waals surface area contributed by atoms with Crippen LogP contribution in [-0.4, -0.2) is 65.0 Å². The number of amides is 3. The smallest absolute Gasteiger partial charge is 0.324 e. The van der Waals surface area contributed by atoms with E-state index in [0.717, 1.165) is 31.0 Å². The largest absolute Gasteiger partial charge is 0.481 e. The molecule has 2 N–H and O–H groups in total. The maximum atomic E-state index is 12.1. The number of nitrogens with one attached hydrogen (secondary N) is 1. The van der Waals surface area contributed by atoms with E-state index in [1.807, 2.05) is 0 Å². The number of carbonyl (C=O) groups excluding carboxylic acids is 2. The number of likely N-dealkylation sites (tertiary alicyclic amines) is 1. The van der Waals surface area contributed by atoms with Crippen molar-refractivity contribution in [3.63, 3.8) is 0 Å². The molecule has 20 heavy (non-hydrogen) atoms. The summed E-state index contributed by atoms with van der Waals surface area (Å²) in [7, 11) is 1.50. The molecule has 0 radical (unpaired) electrons. The van der Waals surface area contributed by atoms with Crippen molar-refractivity contribution in [1.29, 1.82) is 0 Å². The highest BCUT2D eigenvalue weighted by Crippen LogP contribution is 2.28. The van der Waals surface area contributed by atoms with Crippen LogP contribution in [0.15, 0.2) is 0 Å². The van der Waals surface area contributed by atoms with Gasteiger partial charge in [0.25, 0.3) is 5.91 Å². The summed E-state index contributed by atoms with van der Waals surface area (Å²) in [5, 5.41) is 11.4. The van der Waals surface area contributed by atoms with Gasteiger partial charge in [-0.15, -0.1) is 0 Å². The van der Waals surface area contributed by atoms with Gasteiger partial charge < -0.3 is 15.3 Å². The van der Waals surface area contributed by atoms with Crippen LogP contribution in [-0.2, 0) is 9.59 Å². The van der Waals surface area contributed by atoms with E-state index in [1.54, 1.807) is 0 Å². The molecule has 2 rings (SSSR count). The minimum absolute atomic E-state index is 0.131. The highest BCUT2D eigenvalue weighted by atomic mass is 16.4. The summed E-state index contributed by atoms with van der Waals surface area (Å²) in [6.45, 7) is 2.36. The third kappa shape index (κ3) is 2.92. The summed E-state index contributed by atoms with van der Waals surface area (Å²) in [5.41, 5.74) is -0.705. The zero-order chi connectivity index (χ0) is 14.8. The molecule has 2 fully saturated rings. The lowest BCUT2D eigenvalue weighted by molar-refractivity contribution is -0.137. The Bertz CT molecular complexity index is 416. The van der Waals surface area contributed by atoms with Crippen molar-refractivity contribution in [2.45, 2.75) is 37.6 Å². The standard InChI is InChI=1S/C13H21N3O4/c1-15-11(19)13(14-12(15)20)5-8-16(9-6-13)7-3-2-4-10(17)18/h2-9H2,1H3,(H,14,20)(H,17,18). The van der Waals surface area contributed by atoms with Gasteiger partial charge in [-0.2, -0.15) is 0 Å². The number of carboxylic acids is 1. The van der Waals surface area contributed by atoms with E-state index < -0.39 is 11.5 Å². The fourth-order valence-electron chi connectivity index (χ4n) is 2.86. The predicted octanol–water partition coefficient (Wildman–Crippen LogP) is 0.257. The number of piperidine rings is 1. The average molecular weight is 283 g/mol. The van der Waals surface area contributed by atoms with Gasteiger partial charge in [-0.3, -0.25) is 14.5 Å². The number of hydrogen-bond donors (Lipinski definition) is 2. The van der Waals surface area contributed by atoms with E-state index in [9.17, 15) is 14.4 Å². The highest BCUT2D eigenvalue weighted by molar-refractivity contribution is 6.06. The molecular weight excluding hydrogens is 262 g/mol. The molecule has 7 nitrogen and oxygen atoms in total. The van der Waals surface area contributed by atoms with E-state index in [1.165, 1.54) is 7.05 Å². The van der Waals surface area contributed by atoms with Crippen LogP contribution in [0.2, 0.25) is 0 Å². The summed E-state index contributed by atoms with van der Waals surface area (Å²) >= 11 is 0. The number of likely N-dealkylation sites (N-methyl/N-ethyl adjacent to an activating group) is 1. The molecule has 112 valence electrons. The van der Waals surface area contributed by atoms with Crippen molar-refractivity contribution in [3.8, 4) is 0 Å². The molecule has 0 aromatic carbocycles. The Hall–Kier alpha value is -1.63. The number of imide groups is 1. The van der Waals surface area contributed by atoms with E-state index in [2.05, 4.69) is 10.2 Å². The van der Waals surface area contributed by atoms with Crippen molar-refractivity contribution < 1.29 is 19.5 Å². The van der Waals surface area contributed by atoms with Crippen molar-refractivity contribution >= 4 is 17.9 Å². The van der Waals surface area contributed by atoms with Crippen LogP contribution >= 0.6 is 0 Å². The first kappa shape index (κ1) is 14.8. The Morgan fingerprint density at radius 2 is 1.95 bits per heavy atom. The summed E-state index contributed by atoms with van der Waals surface area (Å²) in [6, 6.07) is -0.315. The number of carbonyl (C=O) groups is 3. The zero-order valence-electron chi connectivity index (χ0n) is 11.7. The van der Waals surface area contributed by atoms with Gasteiger partial charge in [0.2, 0.25) is 0 Å². The molecule has 0 bridgehead atoms. The second-order valence-electron chi connectivity index (χ2n) is 5.57. The SMILES string of the molecule is CN1C(=O)NC2(CCN(CCCCC(=O)O)CC2)C1=O. The normalized spacial score (nSPS) is 22.4. The lowest BCUT2D eigenvalue weighted by Crippen LogP contribution is -2.54. The fourth-order valence-corrected chi connectivity index (χ4v) is 2.86. The Balaban J connectivity index is 1.77. The van der Waals surface area contributed by atoms with Gasteiger partial charge in [0.1, 0.15) is 5.54 Å². The molecule has 2 saturated heterocycles. The molecule has 3 amide bonds. The number of carboxylic acid groups (broad SMARTS) is 1. The van der Waals surface area contributed by atoms with E-state index in [4.69, 9.17) is 5.11 Å². The van der Waals surface area contributed by atoms with E-state index >= 15 is 0 Å². The van der Waals surface area contributed by atoms with Gasteiger partial charge in [-0.05, 0) is 32.2 Å². The molecular formula is C13H21N3O4. The van der Waals surface area contributed by atoms with Crippen LogP contribution in [0.25, 0.3) is 0 Å². The Kier molecular flexibility index (Phi) is 4.27. The number of hydrogen-bond acceptors (Lipinski definition) is 4. The van der Waals surface area contributed by atoms with Crippen molar-refractivity contribution in [1.82, 2.24) is 15.1 Å². The second kappa shape index (κ2) is 5.78. The van der Waals surface area contributed by atoms with Gasteiger partial charge in [0, 0.05) is 26.6 Å². The monoisotopic (exact) mass is 283 g/mol. The van der Waals surface area contributed by atoms with Gasteiger partial charge in [-0.25, -0.2) is 4.79 Å². The fraction of sp³-hybridized carbons (Fsp3) is 0.769. The van der Waals surface area contributed by atoms with Crippen LogP contribution in [0.5, 0.6) is 0 Å². The Morgan fingerprint density at radius 3 is 2.45 bits per heavy atom. The summed E-state index contributed by atoms with van der Waals surface area (Å²) < 4.78 is 0. The number of urea groups is 1. The quantitative estimate of drug-likeness (QED) is 0.558. The van der Waals surface area contributed by atoms with Crippen molar-refractivity contribution in [2.24, 2.45) is 0 Å². The molecule has 0 saturated carbocycles. The molecule has 1 spiro atoms. The molecule has 0 aromatic heterocycles. The van der Waals surface area contributed by atoms with Crippen LogP contribution in [0.3, 0.4) is 0 Å². The molecule has 0 unspecified atom stereocenters. The van der Waals surface area contributed by atoms with Crippen LogP contribution in [0, 0.1) is 0 Å². The summed E-state index contributed by atoms with van der Waals surface area (Å²) in [6.07, 6.45) is 2.98. The molecule has 7 heteroatoms. The van der Waals surface area contributed by atoms with E-state index in [-0.39, 0.29) is 18.4 Å². The average Bonchev–Trinajstić information content (AvgIpc) is 2.62. The highest BCUT2D eigenvalue weighted by Gasteiger charge is 2.50. The third-order valence-electron chi connectivity index (χ3n) is 4.19. The maximum Gasteiger partial charge on any atom is 0.324 e. The van der Waals surface area contributed by atoms with Gasteiger partial charge >= 0.3 is 12.0 Å². The number of nitrogens with zero attached hydrogens (tertiary/aromatic N) is 2. The first-order valence-electron chi connectivity index (χ1n) is 6.99. The number of aliphatic carboxylic acids is 1. The molecule has 2 heterocycles. The third-order valence-corrected chi connectivity index (χ3v) is 4.19. The van der Waals surface area contributed by atoms with Gasteiger partial charge in [-0.1, -0.05) is 0 Å². The van der Waals surface area contributed by atoms with Gasteiger partial charge in [0.15, 0.2) is 0 Å². The lowest BCUT2D eigenvalue weighted by atomic mass is 9.87. The minimum Gasteiger partial charge on any atom is -0.481 e.